The Morgan fingerprint density at radius 3 is 2.45 bits per heavy atom. The number of halogens is 2. The number of hydrogen-bond acceptors (Lipinski definition) is 3. The second kappa shape index (κ2) is 6.72. The Hall–Kier alpha value is -1.59. The minimum Gasteiger partial charge on any atom is -0.497 e. The zero-order valence-corrected chi connectivity index (χ0v) is 11.8. The summed E-state index contributed by atoms with van der Waals surface area (Å²) in [6.45, 7) is 0. The lowest BCUT2D eigenvalue weighted by Crippen LogP contribution is -2.14. The molecule has 20 heavy (non-hydrogen) atoms. The molecular weight excluding hydrogens is 280 g/mol. The van der Waals surface area contributed by atoms with E-state index >= 15 is 0 Å². The van der Waals surface area contributed by atoms with Gasteiger partial charge in [-0.05, 0) is 30.3 Å². The number of hydrogen-bond donors (Lipinski definition) is 1. The van der Waals surface area contributed by atoms with Crippen molar-refractivity contribution in [3.8, 4) is 5.75 Å². The Labute approximate surface area is 120 Å². The highest BCUT2D eigenvalue weighted by molar-refractivity contribution is 7.99. The summed E-state index contributed by atoms with van der Waals surface area (Å²) >= 11 is 1.51. The van der Waals surface area contributed by atoms with Crippen LogP contribution in [0.1, 0.15) is 11.6 Å². The molecule has 2 aromatic carbocycles. The summed E-state index contributed by atoms with van der Waals surface area (Å²) in [7, 11) is 1.61. The van der Waals surface area contributed by atoms with Crippen LogP contribution in [0, 0.1) is 11.6 Å². The van der Waals surface area contributed by atoms with E-state index in [0.29, 0.717) is 11.3 Å². The zero-order chi connectivity index (χ0) is 14.5. The highest BCUT2D eigenvalue weighted by atomic mass is 32.2. The lowest BCUT2D eigenvalue weighted by Gasteiger charge is -2.13. The molecule has 0 aliphatic carbocycles. The van der Waals surface area contributed by atoms with Gasteiger partial charge in [-0.25, -0.2) is 8.78 Å². The molecule has 2 nitrogen and oxygen atoms in total. The van der Waals surface area contributed by atoms with Gasteiger partial charge in [-0.1, -0.05) is 6.07 Å². The predicted molar refractivity (Wildman–Crippen MR) is 77.0 cm³/mol. The van der Waals surface area contributed by atoms with Crippen LogP contribution in [0.15, 0.2) is 47.4 Å². The molecule has 2 rings (SSSR count). The van der Waals surface area contributed by atoms with Gasteiger partial charge in [0.25, 0.3) is 0 Å². The first-order valence-corrected chi connectivity index (χ1v) is 7.06. The van der Waals surface area contributed by atoms with E-state index in [0.717, 1.165) is 16.7 Å². The minimum absolute atomic E-state index is 0.326. The Morgan fingerprint density at radius 2 is 1.85 bits per heavy atom. The summed E-state index contributed by atoms with van der Waals surface area (Å²) in [4.78, 5) is 1.02. The van der Waals surface area contributed by atoms with Gasteiger partial charge >= 0.3 is 0 Å². The summed E-state index contributed by atoms with van der Waals surface area (Å²) < 4.78 is 31.5. The molecule has 2 aromatic rings. The van der Waals surface area contributed by atoms with Crippen LogP contribution < -0.4 is 10.5 Å². The van der Waals surface area contributed by atoms with E-state index in [9.17, 15) is 8.78 Å². The lowest BCUT2D eigenvalue weighted by molar-refractivity contribution is 0.414. The van der Waals surface area contributed by atoms with E-state index in [1.807, 2.05) is 24.3 Å². The molecule has 0 spiro atoms. The standard InChI is InChI=1S/C15H15F2NOS/c1-19-11-3-5-12(6-4-11)20-9-15(18)13-7-2-10(16)8-14(13)17/h2-8,15H,9,18H2,1H3. The van der Waals surface area contributed by atoms with Crippen LogP contribution in [0.25, 0.3) is 0 Å². The molecule has 0 radical (unpaired) electrons. The van der Waals surface area contributed by atoms with Crippen molar-refractivity contribution in [1.82, 2.24) is 0 Å². The average Bonchev–Trinajstić information content (AvgIpc) is 2.45. The molecule has 0 bridgehead atoms. The maximum absolute atomic E-state index is 13.6. The van der Waals surface area contributed by atoms with Crippen molar-refractivity contribution in [3.63, 3.8) is 0 Å². The fraction of sp³-hybridized carbons (Fsp3) is 0.200. The number of nitrogens with two attached hydrogens (primary N) is 1. The molecule has 2 N–H and O–H groups in total. The SMILES string of the molecule is COc1ccc(SCC(N)c2ccc(F)cc2F)cc1. The molecule has 0 aliphatic heterocycles. The molecule has 0 amide bonds. The molecule has 0 aromatic heterocycles. The van der Waals surface area contributed by atoms with Crippen LogP contribution in [0.4, 0.5) is 8.78 Å². The van der Waals surface area contributed by atoms with Crippen LogP contribution in [0.5, 0.6) is 5.75 Å². The lowest BCUT2D eigenvalue weighted by atomic mass is 10.1. The summed E-state index contributed by atoms with van der Waals surface area (Å²) in [5.74, 6) is 0.0897. The fourth-order valence-electron chi connectivity index (χ4n) is 1.75. The van der Waals surface area contributed by atoms with E-state index in [1.165, 1.54) is 23.9 Å². The monoisotopic (exact) mass is 295 g/mol. The third kappa shape index (κ3) is 3.71. The topological polar surface area (TPSA) is 35.2 Å². The van der Waals surface area contributed by atoms with E-state index in [1.54, 1.807) is 7.11 Å². The number of methoxy groups -OCH3 is 1. The summed E-state index contributed by atoms with van der Waals surface area (Å²) in [6, 6.07) is 10.5. The van der Waals surface area contributed by atoms with Crippen molar-refractivity contribution >= 4 is 11.8 Å². The molecule has 1 atom stereocenters. The Morgan fingerprint density at radius 1 is 1.15 bits per heavy atom. The zero-order valence-electron chi connectivity index (χ0n) is 11.0. The maximum atomic E-state index is 13.6. The van der Waals surface area contributed by atoms with E-state index in [4.69, 9.17) is 10.5 Å². The third-order valence-electron chi connectivity index (χ3n) is 2.85. The molecular formula is C15H15F2NOS. The predicted octanol–water partition coefficient (Wildman–Crippen LogP) is 3.77. The van der Waals surface area contributed by atoms with Crippen molar-refractivity contribution in [2.75, 3.05) is 12.9 Å². The highest BCUT2D eigenvalue weighted by Gasteiger charge is 2.12. The molecule has 0 saturated carbocycles. The molecule has 106 valence electrons. The van der Waals surface area contributed by atoms with Crippen LogP contribution in [0.3, 0.4) is 0 Å². The largest absolute Gasteiger partial charge is 0.497 e. The minimum atomic E-state index is -0.604. The Balaban J connectivity index is 1.98. The maximum Gasteiger partial charge on any atom is 0.130 e. The number of rotatable bonds is 5. The highest BCUT2D eigenvalue weighted by Crippen LogP contribution is 2.26. The summed E-state index contributed by atoms with van der Waals surface area (Å²) in [5, 5.41) is 0. The first-order valence-electron chi connectivity index (χ1n) is 6.07. The normalized spacial score (nSPS) is 12.2. The fourth-order valence-corrected chi connectivity index (χ4v) is 2.63. The first kappa shape index (κ1) is 14.8. The second-order valence-corrected chi connectivity index (χ2v) is 5.35. The number of ether oxygens (including phenoxy) is 1. The second-order valence-electron chi connectivity index (χ2n) is 4.26. The van der Waals surface area contributed by atoms with Crippen molar-refractivity contribution in [2.24, 2.45) is 5.73 Å². The van der Waals surface area contributed by atoms with E-state index in [2.05, 4.69) is 0 Å². The summed E-state index contributed by atoms with van der Waals surface area (Å²) in [5.41, 5.74) is 6.27. The molecule has 5 heteroatoms. The van der Waals surface area contributed by atoms with Crippen molar-refractivity contribution in [2.45, 2.75) is 10.9 Å². The molecule has 1 unspecified atom stereocenters. The van der Waals surface area contributed by atoms with Gasteiger partial charge in [0.05, 0.1) is 7.11 Å². The molecule has 0 heterocycles. The van der Waals surface area contributed by atoms with Gasteiger partial charge in [0.2, 0.25) is 0 Å². The number of thioether (sulfide) groups is 1. The molecule has 0 fully saturated rings. The van der Waals surface area contributed by atoms with Gasteiger partial charge < -0.3 is 10.5 Å². The van der Waals surface area contributed by atoms with Crippen LogP contribution in [-0.2, 0) is 0 Å². The van der Waals surface area contributed by atoms with Gasteiger partial charge in [0, 0.05) is 28.3 Å². The Kier molecular flexibility index (Phi) is 4.98. The average molecular weight is 295 g/mol. The van der Waals surface area contributed by atoms with Gasteiger partial charge in [-0.15, -0.1) is 11.8 Å². The van der Waals surface area contributed by atoms with Crippen LogP contribution >= 0.6 is 11.8 Å². The van der Waals surface area contributed by atoms with Gasteiger partial charge in [0.15, 0.2) is 0 Å². The van der Waals surface area contributed by atoms with Crippen molar-refractivity contribution in [3.05, 3.63) is 59.7 Å². The molecule has 0 aliphatic rings. The van der Waals surface area contributed by atoms with Gasteiger partial charge in [-0.2, -0.15) is 0 Å². The van der Waals surface area contributed by atoms with E-state index < -0.39 is 17.7 Å². The third-order valence-corrected chi connectivity index (χ3v) is 3.98. The van der Waals surface area contributed by atoms with Crippen molar-refractivity contribution in [1.29, 1.82) is 0 Å². The quantitative estimate of drug-likeness (QED) is 0.853. The van der Waals surface area contributed by atoms with Gasteiger partial charge in [0.1, 0.15) is 17.4 Å². The van der Waals surface area contributed by atoms with E-state index in [-0.39, 0.29) is 0 Å². The molecule has 0 saturated heterocycles. The number of benzene rings is 2. The Bertz CT molecular complexity index is 575. The van der Waals surface area contributed by atoms with Crippen LogP contribution in [0.2, 0.25) is 0 Å². The smallest absolute Gasteiger partial charge is 0.130 e. The van der Waals surface area contributed by atoms with Crippen molar-refractivity contribution < 1.29 is 13.5 Å². The van der Waals surface area contributed by atoms with Crippen LogP contribution in [-0.4, -0.2) is 12.9 Å². The first-order chi connectivity index (χ1) is 9.60. The summed E-state index contributed by atoms with van der Waals surface area (Å²) in [6.07, 6.45) is 0. The van der Waals surface area contributed by atoms with Gasteiger partial charge in [-0.3, -0.25) is 0 Å².